The lowest BCUT2D eigenvalue weighted by Gasteiger charge is -2.17. The van der Waals surface area contributed by atoms with E-state index in [-0.39, 0.29) is 17.1 Å². The fourth-order valence-electron chi connectivity index (χ4n) is 2.37. The van der Waals surface area contributed by atoms with Crippen molar-refractivity contribution in [3.05, 3.63) is 66.2 Å². The number of aryl methyl sites for hydroxylation is 1. The van der Waals surface area contributed by atoms with Gasteiger partial charge < -0.3 is 10.2 Å². The van der Waals surface area contributed by atoms with Crippen molar-refractivity contribution in [2.75, 3.05) is 5.75 Å². The van der Waals surface area contributed by atoms with E-state index in [1.54, 1.807) is 18.2 Å². The van der Waals surface area contributed by atoms with Crippen LogP contribution in [0.4, 0.5) is 0 Å². The molecule has 0 amide bonds. The van der Waals surface area contributed by atoms with E-state index < -0.39 is 22.0 Å². The van der Waals surface area contributed by atoms with Crippen LogP contribution in [0, 0.1) is 0 Å². The van der Waals surface area contributed by atoms with E-state index in [9.17, 15) is 18.6 Å². The average Bonchev–Trinajstić information content (AvgIpc) is 2.59. The average molecular weight is 334 g/mol. The zero-order chi connectivity index (χ0) is 16.7. The lowest BCUT2D eigenvalue weighted by molar-refractivity contribution is 0.0135. The highest BCUT2D eigenvalue weighted by molar-refractivity contribution is 7.91. The van der Waals surface area contributed by atoms with Gasteiger partial charge in [0.1, 0.15) is 0 Å². The molecule has 2 N–H and O–H groups in total. The van der Waals surface area contributed by atoms with Gasteiger partial charge in [-0.25, -0.2) is 8.42 Å². The standard InChI is InChI=1S/C18H22O4S/c19-17(12-11-15-7-3-1-4-8-15)18(20)13-14-23(21,22)16-9-5-2-6-10-16/h1-10,17-20H,11-14H2/t17-,18-/m1/s1. The summed E-state index contributed by atoms with van der Waals surface area (Å²) in [5, 5.41) is 20.0. The van der Waals surface area contributed by atoms with E-state index in [1.807, 2.05) is 30.3 Å². The highest BCUT2D eigenvalue weighted by Crippen LogP contribution is 2.15. The molecule has 0 bridgehead atoms. The highest BCUT2D eigenvalue weighted by atomic mass is 32.2. The summed E-state index contributed by atoms with van der Waals surface area (Å²) in [6, 6.07) is 17.8. The molecule has 0 aliphatic rings. The van der Waals surface area contributed by atoms with Crippen molar-refractivity contribution in [1.29, 1.82) is 0 Å². The van der Waals surface area contributed by atoms with Crippen molar-refractivity contribution in [3.8, 4) is 0 Å². The second kappa shape index (κ2) is 8.24. The van der Waals surface area contributed by atoms with E-state index in [0.717, 1.165) is 5.56 Å². The molecule has 124 valence electrons. The Morgan fingerprint density at radius 3 is 1.91 bits per heavy atom. The lowest BCUT2D eigenvalue weighted by atomic mass is 10.0. The zero-order valence-corrected chi connectivity index (χ0v) is 13.7. The van der Waals surface area contributed by atoms with Crippen LogP contribution < -0.4 is 0 Å². The minimum absolute atomic E-state index is 0.0210. The van der Waals surface area contributed by atoms with Crippen LogP contribution in [0.5, 0.6) is 0 Å². The summed E-state index contributed by atoms with van der Waals surface area (Å²) >= 11 is 0. The summed E-state index contributed by atoms with van der Waals surface area (Å²) in [6.45, 7) is 0. The van der Waals surface area contributed by atoms with Crippen LogP contribution >= 0.6 is 0 Å². The van der Waals surface area contributed by atoms with E-state index in [1.165, 1.54) is 12.1 Å². The first-order valence-corrected chi connectivity index (χ1v) is 9.32. The zero-order valence-electron chi connectivity index (χ0n) is 12.9. The third-order valence-electron chi connectivity index (χ3n) is 3.80. The summed E-state index contributed by atoms with van der Waals surface area (Å²) in [4.78, 5) is 0.242. The van der Waals surface area contributed by atoms with Crippen molar-refractivity contribution in [1.82, 2.24) is 0 Å². The number of aliphatic hydroxyl groups excluding tert-OH is 2. The number of hydrogen-bond acceptors (Lipinski definition) is 4. The Hall–Kier alpha value is -1.69. The third-order valence-corrected chi connectivity index (χ3v) is 5.56. The van der Waals surface area contributed by atoms with E-state index >= 15 is 0 Å². The van der Waals surface area contributed by atoms with Crippen LogP contribution in [0.3, 0.4) is 0 Å². The molecule has 2 aromatic carbocycles. The summed E-state index contributed by atoms with van der Waals surface area (Å²) in [5.41, 5.74) is 1.08. The van der Waals surface area contributed by atoms with Gasteiger partial charge in [0.05, 0.1) is 22.9 Å². The number of benzene rings is 2. The van der Waals surface area contributed by atoms with Crippen molar-refractivity contribution in [2.45, 2.75) is 36.4 Å². The monoisotopic (exact) mass is 334 g/mol. The maximum absolute atomic E-state index is 12.1. The van der Waals surface area contributed by atoms with Crippen molar-refractivity contribution < 1.29 is 18.6 Å². The number of rotatable bonds is 8. The van der Waals surface area contributed by atoms with Crippen LogP contribution in [0.25, 0.3) is 0 Å². The van der Waals surface area contributed by atoms with Gasteiger partial charge in [-0.3, -0.25) is 0 Å². The van der Waals surface area contributed by atoms with E-state index in [4.69, 9.17) is 0 Å². The molecular formula is C18H22O4S. The Bertz CT molecular complexity index is 683. The highest BCUT2D eigenvalue weighted by Gasteiger charge is 2.21. The van der Waals surface area contributed by atoms with Crippen LogP contribution in [0.1, 0.15) is 18.4 Å². The van der Waals surface area contributed by atoms with Gasteiger partial charge in [0, 0.05) is 0 Å². The molecule has 2 atom stereocenters. The molecule has 0 unspecified atom stereocenters. The molecular weight excluding hydrogens is 312 g/mol. The minimum atomic E-state index is -3.43. The van der Waals surface area contributed by atoms with Crippen molar-refractivity contribution >= 4 is 9.84 Å². The quantitative estimate of drug-likeness (QED) is 0.776. The van der Waals surface area contributed by atoms with Gasteiger partial charge in [-0.1, -0.05) is 48.5 Å². The normalized spacial score (nSPS) is 14.3. The maximum atomic E-state index is 12.1. The van der Waals surface area contributed by atoms with Gasteiger partial charge in [0.2, 0.25) is 0 Å². The van der Waals surface area contributed by atoms with Gasteiger partial charge in [0.25, 0.3) is 0 Å². The van der Waals surface area contributed by atoms with Gasteiger partial charge in [-0.2, -0.15) is 0 Å². The molecule has 0 spiro atoms. The Morgan fingerprint density at radius 1 is 0.783 bits per heavy atom. The Morgan fingerprint density at radius 2 is 1.30 bits per heavy atom. The number of aliphatic hydroxyl groups is 2. The fourth-order valence-corrected chi connectivity index (χ4v) is 3.72. The predicted octanol–water partition coefficient (Wildman–Crippen LogP) is 2.21. The Kier molecular flexibility index (Phi) is 6.33. The van der Waals surface area contributed by atoms with Gasteiger partial charge >= 0.3 is 0 Å². The first-order chi connectivity index (χ1) is 11.0. The van der Waals surface area contributed by atoms with Crippen molar-refractivity contribution in [2.24, 2.45) is 0 Å². The van der Waals surface area contributed by atoms with Crippen LogP contribution in [0.2, 0.25) is 0 Å². The molecule has 0 aliphatic carbocycles. The molecule has 0 heterocycles. The molecule has 0 aliphatic heterocycles. The first kappa shape index (κ1) is 17.7. The van der Waals surface area contributed by atoms with E-state index in [0.29, 0.717) is 12.8 Å². The van der Waals surface area contributed by atoms with Gasteiger partial charge in [0.15, 0.2) is 9.84 Å². The summed E-state index contributed by atoms with van der Waals surface area (Å²) in [6.07, 6.45) is -0.910. The molecule has 4 nitrogen and oxygen atoms in total. The molecule has 2 aromatic rings. The maximum Gasteiger partial charge on any atom is 0.178 e. The van der Waals surface area contributed by atoms with Gasteiger partial charge in [-0.05, 0) is 37.0 Å². The Balaban J connectivity index is 1.83. The molecule has 2 rings (SSSR count). The first-order valence-electron chi connectivity index (χ1n) is 7.67. The fraction of sp³-hybridized carbons (Fsp3) is 0.333. The molecule has 0 fully saturated rings. The summed E-state index contributed by atoms with van der Waals surface area (Å²) in [5.74, 6) is -0.180. The largest absolute Gasteiger partial charge is 0.390 e. The SMILES string of the molecule is O=S(=O)(CC[C@@H](O)[C@H](O)CCc1ccccc1)c1ccccc1. The van der Waals surface area contributed by atoms with Crippen LogP contribution in [-0.4, -0.2) is 36.6 Å². The molecule has 0 saturated carbocycles. The third kappa shape index (κ3) is 5.46. The lowest BCUT2D eigenvalue weighted by Crippen LogP contribution is -2.28. The van der Waals surface area contributed by atoms with E-state index in [2.05, 4.69) is 0 Å². The van der Waals surface area contributed by atoms with Crippen LogP contribution in [-0.2, 0) is 16.3 Å². The van der Waals surface area contributed by atoms with Crippen LogP contribution in [0.15, 0.2) is 65.6 Å². The minimum Gasteiger partial charge on any atom is -0.390 e. The smallest absolute Gasteiger partial charge is 0.178 e. The summed E-state index contributed by atoms with van der Waals surface area (Å²) < 4.78 is 24.3. The van der Waals surface area contributed by atoms with Gasteiger partial charge in [-0.15, -0.1) is 0 Å². The van der Waals surface area contributed by atoms with Crippen molar-refractivity contribution in [3.63, 3.8) is 0 Å². The predicted molar refractivity (Wildman–Crippen MR) is 89.9 cm³/mol. The molecule has 0 saturated heterocycles. The molecule has 0 aromatic heterocycles. The molecule has 5 heteroatoms. The second-order valence-electron chi connectivity index (χ2n) is 5.58. The number of hydrogen-bond donors (Lipinski definition) is 2. The molecule has 23 heavy (non-hydrogen) atoms. The Labute approximate surface area is 137 Å². The second-order valence-corrected chi connectivity index (χ2v) is 7.69. The molecule has 0 radical (unpaired) electrons. The summed E-state index contributed by atoms with van der Waals surface area (Å²) in [7, 11) is -3.43. The number of sulfone groups is 1. The topological polar surface area (TPSA) is 74.6 Å².